The van der Waals surface area contributed by atoms with E-state index in [1.165, 1.54) is 24.3 Å². The lowest BCUT2D eigenvalue weighted by Gasteiger charge is -2.16. The van der Waals surface area contributed by atoms with E-state index < -0.39 is 16.1 Å². The summed E-state index contributed by atoms with van der Waals surface area (Å²) in [6, 6.07) is 8.94. The van der Waals surface area contributed by atoms with Gasteiger partial charge in [0, 0.05) is 10.6 Å². The number of oxime groups is 1. The lowest BCUT2D eigenvalue weighted by molar-refractivity contribution is -0.136. The zero-order chi connectivity index (χ0) is 22.6. The molecule has 0 radical (unpaired) electrons. The van der Waals surface area contributed by atoms with Crippen molar-refractivity contribution in [2.24, 2.45) is 5.16 Å². The van der Waals surface area contributed by atoms with E-state index in [1.807, 2.05) is 0 Å². The van der Waals surface area contributed by atoms with E-state index in [0.717, 1.165) is 0 Å². The van der Waals surface area contributed by atoms with Crippen molar-refractivity contribution >= 4 is 39.5 Å². The van der Waals surface area contributed by atoms with Gasteiger partial charge < -0.3 is 13.8 Å². The highest BCUT2D eigenvalue weighted by Crippen LogP contribution is 2.37. The van der Waals surface area contributed by atoms with Crippen molar-refractivity contribution in [3.05, 3.63) is 70.8 Å². The molecule has 0 aliphatic carbocycles. The van der Waals surface area contributed by atoms with E-state index in [-0.39, 0.29) is 23.0 Å². The van der Waals surface area contributed by atoms with E-state index in [4.69, 9.17) is 20.5 Å². The van der Waals surface area contributed by atoms with Gasteiger partial charge in [-0.25, -0.2) is 4.79 Å². The Morgan fingerprint density at radius 2 is 1.94 bits per heavy atom. The molecule has 2 aromatic rings. The monoisotopic (exact) mass is 461 g/mol. The van der Waals surface area contributed by atoms with Crippen molar-refractivity contribution in [3.63, 3.8) is 0 Å². The molecule has 0 fully saturated rings. The van der Waals surface area contributed by atoms with Gasteiger partial charge in [0.05, 0.1) is 17.9 Å². The van der Waals surface area contributed by atoms with Gasteiger partial charge in [0.15, 0.2) is 11.5 Å². The van der Waals surface area contributed by atoms with Crippen LogP contribution in [0.5, 0.6) is 11.5 Å². The van der Waals surface area contributed by atoms with Gasteiger partial charge in [-0.1, -0.05) is 22.8 Å². The number of allylic oxidation sites excluding steroid dienone is 1. The van der Waals surface area contributed by atoms with Crippen LogP contribution in [0.4, 0.5) is 0 Å². The normalized spacial score (nSPS) is 14.9. The summed E-state index contributed by atoms with van der Waals surface area (Å²) >= 11 is 5.85. The smallest absolute Gasteiger partial charge is 0.367 e. The second kappa shape index (κ2) is 9.36. The maximum Gasteiger partial charge on any atom is 0.367 e. The summed E-state index contributed by atoms with van der Waals surface area (Å²) in [5.41, 5.74) is 1.86. The molecule has 7 nitrogen and oxygen atoms in total. The summed E-state index contributed by atoms with van der Waals surface area (Å²) in [6.45, 7) is 7.41. The van der Waals surface area contributed by atoms with Gasteiger partial charge in [-0.05, 0) is 68.3 Å². The minimum Gasteiger partial charge on any atom is -0.490 e. The molecular formula is C22H20ClNO6S. The molecule has 1 heterocycles. The van der Waals surface area contributed by atoms with Crippen LogP contribution >= 0.6 is 11.6 Å². The van der Waals surface area contributed by atoms with Gasteiger partial charge in [0.25, 0.3) is 0 Å². The number of hydrogen-bond donors (Lipinski definition) is 0. The molecule has 0 unspecified atom stereocenters. The number of rotatable bonds is 8. The Morgan fingerprint density at radius 1 is 1.23 bits per heavy atom. The molecule has 31 heavy (non-hydrogen) atoms. The van der Waals surface area contributed by atoms with Crippen molar-refractivity contribution in [1.82, 2.24) is 0 Å². The summed E-state index contributed by atoms with van der Waals surface area (Å²) in [5.74, 6) is -0.295. The molecule has 0 N–H and O–H groups in total. The number of carbonyl (C=O) groups excluding carboxylic acids is 1. The Balaban J connectivity index is 2.09. The molecule has 0 bridgehead atoms. The molecule has 2 aromatic carbocycles. The molecule has 0 spiro atoms. The fourth-order valence-corrected chi connectivity index (χ4v) is 3.98. The number of hydrogen-bond acceptors (Lipinski definition) is 7. The van der Waals surface area contributed by atoms with Crippen LogP contribution in [0.3, 0.4) is 0 Å². The fraction of sp³-hybridized carbons (Fsp3) is 0.182. The number of ether oxygens (including phenoxy) is 1. The van der Waals surface area contributed by atoms with Gasteiger partial charge in [-0.3, -0.25) is 0 Å². The van der Waals surface area contributed by atoms with Gasteiger partial charge in [0.1, 0.15) is 4.90 Å². The van der Waals surface area contributed by atoms with E-state index in [0.29, 0.717) is 33.9 Å². The number of benzene rings is 2. The first-order valence-electron chi connectivity index (χ1n) is 9.34. The average Bonchev–Trinajstić information content (AvgIpc) is 3.03. The van der Waals surface area contributed by atoms with E-state index in [9.17, 15) is 13.2 Å². The number of carbonyl (C=O) groups is 1. The molecule has 0 saturated heterocycles. The third kappa shape index (κ3) is 5.15. The SMILES string of the molecule is C=CCc1cc(/C=C2\C(=O)ON=C2C)cc(OCC)c1OS(=O)(=O)c1ccc(Cl)cc1. The topological polar surface area (TPSA) is 91.3 Å². The molecule has 3 rings (SSSR count). The molecule has 9 heteroatoms. The molecule has 162 valence electrons. The Bertz CT molecular complexity index is 1180. The number of nitrogens with zero attached hydrogens (tertiary/aromatic N) is 1. The molecule has 1 aliphatic rings. The fourth-order valence-electron chi connectivity index (χ4n) is 2.88. The zero-order valence-corrected chi connectivity index (χ0v) is 18.5. The van der Waals surface area contributed by atoms with E-state index >= 15 is 0 Å². The van der Waals surface area contributed by atoms with Gasteiger partial charge in [-0.2, -0.15) is 8.42 Å². The second-order valence-corrected chi connectivity index (χ2v) is 8.52. The summed E-state index contributed by atoms with van der Waals surface area (Å²) in [7, 11) is -4.15. The first-order chi connectivity index (χ1) is 14.7. The Labute approximate surface area is 185 Å². The highest BCUT2D eigenvalue weighted by atomic mass is 35.5. The maximum atomic E-state index is 12.8. The third-order valence-electron chi connectivity index (χ3n) is 4.30. The lowest BCUT2D eigenvalue weighted by atomic mass is 10.0. The molecular weight excluding hydrogens is 442 g/mol. The summed E-state index contributed by atoms with van der Waals surface area (Å²) in [4.78, 5) is 16.5. The Kier molecular flexibility index (Phi) is 6.82. The van der Waals surface area contributed by atoms with Crippen molar-refractivity contribution in [3.8, 4) is 11.5 Å². The molecule has 0 aromatic heterocycles. The van der Waals surface area contributed by atoms with Crippen molar-refractivity contribution < 1.29 is 27.0 Å². The van der Waals surface area contributed by atoms with Crippen molar-refractivity contribution in [2.45, 2.75) is 25.2 Å². The first-order valence-corrected chi connectivity index (χ1v) is 11.1. The van der Waals surface area contributed by atoms with Crippen LogP contribution in [0.1, 0.15) is 25.0 Å². The molecule has 0 atom stereocenters. The summed E-state index contributed by atoms with van der Waals surface area (Å²) < 4.78 is 36.8. The highest BCUT2D eigenvalue weighted by molar-refractivity contribution is 7.87. The van der Waals surface area contributed by atoms with Crippen LogP contribution in [-0.4, -0.2) is 26.7 Å². The first kappa shape index (κ1) is 22.6. The minimum atomic E-state index is -4.15. The molecule has 0 saturated carbocycles. The van der Waals surface area contributed by atoms with Gasteiger partial charge >= 0.3 is 16.1 Å². The van der Waals surface area contributed by atoms with E-state index in [2.05, 4.69) is 16.6 Å². The Morgan fingerprint density at radius 3 is 2.52 bits per heavy atom. The highest BCUT2D eigenvalue weighted by Gasteiger charge is 2.25. The lowest BCUT2D eigenvalue weighted by Crippen LogP contribution is -2.12. The third-order valence-corrected chi connectivity index (χ3v) is 5.79. The van der Waals surface area contributed by atoms with Crippen LogP contribution in [0.15, 0.2) is 64.7 Å². The van der Waals surface area contributed by atoms with Crippen LogP contribution in [0.25, 0.3) is 6.08 Å². The van der Waals surface area contributed by atoms with Crippen LogP contribution in [-0.2, 0) is 26.2 Å². The van der Waals surface area contributed by atoms with Gasteiger partial charge in [-0.15, -0.1) is 6.58 Å². The molecule has 0 amide bonds. The van der Waals surface area contributed by atoms with Crippen molar-refractivity contribution in [1.29, 1.82) is 0 Å². The summed E-state index contributed by atoms with van der Waals surface area (Å²) in [5, 5.41) is 4.06. The van der Waals surface area contributed by atoms with Crippen LogP contribution in [0.2, 0.25) is 5.02 Å². The standard InChI is InChI=1S/C22H20ClNO6S/c1-4-6-16-11-15(12-19-14(3)24-29-22(19)25)13-20(28-5-2)21(16)30-31(26,27)18-9-7-17(23)8-10-18/h4,7-13H,1,5-6H2,2-3H3/b19-12-. The maximum absolute atomic E-state index is 12.8. The van der Waals surface area contributed by atoms with Gasteiger partial charge in [0.2, 0.25) is 0 Å². The quantitative estimate of drug-likeness (QED) is 0.248. The largest absolute Gasteiger partial charge is 0.490 e. The predicted octanol–water partition coefficient (Wildman–Crippen LogP) is 4.55. The van der Waals surface area contributed by atoms with E-state index in [1.54, 1.807) is 38.1 Å². The zero-order valence-electron chi connectivity index (χ0n) is 16.9. The Hall–Kier alpha value is -3.10. The van der Waals surface area contributed by atoms with Crippen molar-refractivity contribution in [2.75, 3.05) is 6.61 Å². The molecule has 1 aliphatic heterocycles. The predicted molar refractivity (Wildman–Crippen MR) is 118 cm³/mol. The second-order valence-electron chi connectivity index (χ2n) is 6.54. The summed E-state index contributed by atoms with van der Waals surface area (Å²) in [6.07, 6.45) is 3.51. The van der Waals surface area contributed by atoms with Crippen LogP contribution in [0, 0.1) is 0 Å². The average molecular weight is 462 g/mol. The minimum absolute atomic E-state index is 0.0457. The number of halogens is 1. The van der Waals surface area contributed by atoms with Crippen LogP contribution < -0.4 is 8.92 Å².